The SMILES string of the molecule is CC1CCCCN1CCCn1cncc1C1CCNC1. The second-order valence-electron chi connectivity index (χ2n) is 6.44. The van der Waals surface area contributed by atoms with Gasteiger partial charge in [-0.05, 0) is 45.7 Å². The quantitative estimate of drug-likeness (QED) is 0.895. The smallest absolute Gasteiger partial charge is 0.0948 e. The van der Waals surface area contributed by atoms with Gasteiger partial charge in [-0.2, -0.15) is 0 Å². The Kier molecular flexibility index (Phi) is 4.73. The molecule has 20 heavy (non-hydrogen) atoms. The van der Waals surface area contributed by atoms with Crippen molar-refractivity contribution in [1.82, 2.24) is 19.8 Å². The molecule has 1 aromatic heterocycles. The van der Waals surface area contributed by atoms with E-state index in [-0.39, 0.29) is 0 Å². The molecule has 3 heterocycles. The second-order valence-corrected chi connectivity index (χ2v) is 6.44. The predicted molar refractivity (Wildman–Crippen MR) is 82.0 cm³/mol. The van der Waals surface area contributed by atoms with E-state index in [9.17, 15) is 0 Å². The van der Waals surface area contributed by atoms with Crippen LogP contribution in [0.5, 0.6) is 0 Å². The minimum Gasteiger partial charge on any atom is -0.334 e. The summed E-state index contributed by atoms with van der Waals surface area (Å²) in [6.45, 7) is 8.31. The summed E-state index contributed by atoms with van der Waals surface area (Å²) in [5.41, 5.74) is 1.43. The normalized spacial score (nSPS) is 28.1. The van der Waals surface area contributed by atoms with Crippen LogP contribution in [-0.2, 0) is 6.54 Å². The van der Waals surface area contributed by atoms with E-state index in [0.29, 0.717) is 5.92 Å². The number of imidazole rings is 1. The highest BCUT2D eigenvalue weighted by atomic mass is 15.2. The molecule has 0 amide bonds. The van der Waals surface area contributed by atoms with E-state index in [2.05, 4.69) is 32.9 Å². The van der Waals surface area contributed by atoms with E-state index >= 15 is 0 Å². The van der Waals surface area contributed by atoms with Gasteiger partial charge in [-0.25, -0.2) is 4.98 Å². The Balaban J connectivity index is 1.49. The van der Waals surface area contributed by atoms with Gasteiger partial charge in [-0.3, -0.25) is 0 Å². The van der Waals surface area contributed by atoms with Crippen molar-refractivity contribution in [3.63, 3.8) is 0 Å². The average molecular weight is 276 g/mol. The Morgan fingerprint density at radius 2 is 2.25 bits per heavy atom. The summed E-state index contributed by atoms with van der Waals surface area (Å²) in [4.78, 5) is 7.03. The van der Waals surface area contributed by atoms with Crippen molar-refractivity contribution in [2.24, 2.45) is 0 Å². The first-order valence-electron chi connectivity index (χ1n) is 8.29. The van der Waals surface area contributed by atoms with Crippen LogP contribution in [0.1, 0.15) is 50.6 Å². The summed E-state index contributed by atoms with van der Waals surface area (Å²) in [6, 6.07) is 0.782. The molecule has 4 heteroatoms. The van der Waals surface area contributed by atoms with Crippen LogP contribution in [0.25, 0.3) is 0 Å². The molecule has 2 fully saturated rings. The number of nitrogens with one attached hydrogen (secondary N) is 1. The van der Waals surface area contributed by atoms with E-state index in [1.807, 2.05) is 6.33 Å². The fourth-order valence-corrected chi connectivity index (χ4v) is 3.70. The van der Waals surface area contributed by atoms with Gasteiger partial charge in [-0.1, -0.05) is 6.42 Å². The zero-order valence-corrected chi connectivity index (χ0v) is 12.7. The van der Waals surface area contributed by atoms with Gasteiger partial charge in [0.2, 0.25) is 0 Å². The lowest BCUT2D eigenvalue weighted by atomic mass is 10.0. The molecule has 0 spiro atoms. The second kappa shape index (κ2) is 6.72. The van der Waals surface area contributed by atoms with Gasteiger partial charge in [0, 0.05) is 43.5 Å². The molecule has 4 nitrogen and oxygen atoms in total. The summed E-state index contributed by atoms with van der Waals surface area (Å²) < 4.78 is 2.38. The molecule has 2 unspecified atom stereocenters. The molecule has 1 N–H and O–H groups in total. The molecule has 112 valence electrons. The fourth-order valence-electron chi connectivity index (χ4n) is 3.70. The molecule has 3 rings (SSSR count). The summed E-state index contributed by atoms with van der Waals surface area (Å²) in [5.74, 6) is 0.673. The van der Waals surface area contributed by atoms with Gasteiger partial charge in [0.05, 0.1) is 6.33 Å². The molecule has 2 aliphatic heterocycles. The van der Waals surface area contributed by atoms with Crippen molar-refractivity contribution in [3.05, 3.63) is 18.2 Å². The third-order valence-electron chi connectivity index (χ3n) is 5.01. The highest BCUT2D eigenvalue weighted by molar-refractivity contribution is 5.09. The number of hydrogen-bond acceptors (Lipinski definition) is 3. The summed E-state index contributed by atoms with van der Waals surface area (Å²) in [7, 11) is 0. The number of rotatable bonds is 5. The maximum absolute atomic E-state index is 4.37. The van der Waals surface area contributed by atoms with Crippen LogP contribution in [0.15, 0.2) is 12.5 Å². The van der Waals surface area contributed by atoms with Crippen molar-refractivity contribution < 1.29 is 0 Å². The lowest BCUT2D eigenvalue weighted by molar-refractivity contribution is 0.156. The first kappa shape index (κ1) is 14.1. The van der Waals surface area contributed by atoms with Gasteiger partial charge >= 0.3 is 0 Å². The highest BCUT2D eigenvalue weighted by Crippen LogP contribution is 2.22. The van der Waals surface area contributed by atoms with Crippen molar-refractivity contribution >= 4 is 0 Å². The molecule has 2 saturated heterocycles. The van der Waals surface area contributed by atoms with E-state index in [4.69, 9.17) is 0 Å². The molecular weight excluding hydrogens is 248 g/mol. The number of aromatic nitrogens is 2. The monoisotopic (exact) mass is 276 g/mol. The van der Waals surface area contributed by atoms with Gasteiger partial charge in [0.15, 0.2) is 0 Å². The lowest BCUT2D eigenvalue weighted by Crippen LogP contribution is -2.38. The van der Waals surface area contributed by atoms with Gasteiger partial charge in [0.1, 0.15) is 0 Å². The molecular formula is C16H28N4. The van der Waals surface area contributed by atoms with Gasteiger partial charge < -0.3 is 14.8 Å². The van der Waals surface area contributed by atoms with Crippen molar-refractivity contribution in [1.29, 1.82) is 0 Å². The molecule has 0 aliphatic carbocycles. The third kappa shape index (κ3) is 3.23. The zero-order valence-electron chi connectivity index (χ0n) is 12.7. The Hall–Kier alpha value is -0.870. The minimum atomic E-state index is 0.673. The first-order chi connectivity index (χ1) is 9.84. The Labute approximate surface area is 122 Å². The summed E-state index contributed by atoms with van der Waals surface area (Å²) >= 11 is 0. The predicted octanol–water partition coefficient (Wildman–Crippen LogP) is 2.22. The fraction of sp³-hybridized carbons (Fsp3) is 0.812. The first-order valence-corrected chi connectivity index (χ1v) is 8.29. The molecule has 0 saturated carbocycles. The van der Waals surface area contributed by atoms with Crippen LogP contribution in [0.4, 0.5) is 0 Å². The van der Waals surface area contributed by atoms with Crippen LogP contribution < -0.4 is 5.32 Å². The Bertz CT molecular complexity index is 408. The summed E-state index contributed by atoms with van der Waals surface area (Å²) in [6.07, 6.45) is 10.8. The van der Waals surface area contributed by atoms with Crippen molar-refractivity contribution in [2.45, 2.75) is 57.5 Å². The third-order valence-corrected chi connectivity index (χ3v) is 5.01. The topological polar surface area (TPSA) is 33.1 Å². The number of likely N-dealkylation sites (tertiary alicyclic amines) is 1. The van der Waals surface area contributed by atoms with Crippen LogP contribution in [0.2, 0.25) is 0 Å². The maximum atomic E-state index is 4.37. The van der Waals surface area contributed by atoms with E-state index in [1.54, 1.807) is 0 Å². The van der Waals surface area contributed by atoms with Crippen LogP contribution in [0.3, 0.4) is 0 Å². The standard InChI is InChI=1S/C16H28N4/c1-14-5-2-3-8-19(14)9-4-10-20-13-18-12-16(20)15-6-7-17-11-15/h12-15,17H,2-11H2,1H3. The van der Waals surface area contributed by atoms with E-state index in [0.717, 1.165) is 25.7 Å². The summed E-state index contributed by atoms with van der Waals surface area (Å²) in [5, 5.41) is 3.45. The minimum absolute atomic E-state index is 0.673. The lowest BCUT2D eigenvalue weighted by Gasteiger charge is -2.33. The van der Waals surface area contributed by atoms with E-state index < -0.39 is 0 Å². The maximum Gasteiger partial charge on any atom is 0.0948 e. The molecule has 1 aromatic rings. The highest BCUT2D eigenvalue weighted by Gasteiger charge is 2.21. The van der Waals surface area contributed by atoms with Gasteiger partial charge in [0.25, 0.3) is 0 Å². The number of piperidine rings is 1. The molecule has 0 aromatic carbocycles. The molecule has 2 aliphatic rings. The number of nitrogens with zero attached hydrogens (tertiary/aromatic N) is 3. The zero-order chi connectivity index (χ0) is 13.8. The number of aryl methyl sites for hydroxylation is 1. The van der Waals surface area contributed by atoms with Crippen molar-refractivity contribution in [3.8, 4) is 0 Å². The molecule has 0 bridgehead atoms. The van der Waals surface area contributed by atoms with Crippen LogP contribution in [0, 0.1) is 0 Å². The molecule has 2 atom stereocenters. The Morgan fingerprint density at radius 1 is 1.30 bits per heavy atom. The Morgan fingerprint density at radius 3 is 3.05 bits per heavy atom. The number of hydrogen-bond donors (Lipinski definition) is 1. The van der Waals surface area contributed by atoms with E-state index in [1.165, 1.54) is 50.9 Å². The van der Waals surface area contributed by atoms with Crippen LogP contribution >= 0.6 is 0 Å². The molecule has 0 radical (unpaired) electrons. The average Bonchev–Trinajstić information content (AvgIpc) is 3.11. The van der Waals surface area contributed by atoms with Crippen LogP contribution in [-0.4, -0.2) is 46.7 Å². The van der Waals surface area contributed by atoms with Gasteiger partial charge in [-0.15, -0.1) is 0 Å². The largest absolute Gasteiger partial charge is 0.334 e. The van der Waals surface area contributed by atoms with Crippen molar-refractivity contribution in [2.75, 3.05) is 26.2 Å².